The lowest BCUT2D eigenvalue weighted by Crippen LogP contribution is -2.29. The summed E-state index contributed by atoms with van der Waals surface area (Å²) >= 11 is 0. The number of hydrogen-bond acceptors (Lipinski definition) is 2. The number of carbonyl (C=O) groups excluding carboxylic acids is 1. The van der Waals surface area contributed by atoms with Crippen molar-refractivity contribution in [2.75, 3.05) is 7.05 Å². The van der Waals surface area contributed by atoms with Crippen molar-refractivity contribution < 1.29 is 9.21 Å². The highest BCUT2D eigenvalue weighted by Gasteiger charge is 2.22. The summed E-state index contributed by atoms with van der Waals surface area (Å²) in [5, 5.41) is 1.06. The number of fused-ring (bicyclic) bond motifs is 1. The molecule has 3 heteroatoms. The molecule has 1 amide bonds. The average Bonchev–Trinajstić information content (AvgIpc) is 2.99. The molecule has 0 aliphatic rings. The van der Waals surface area contributed by atoms with Gasteiger partial charge < -0.3 is 9.32 Å². The van der Waals surface area contributed by atoms with Crippen LogP contribution < -0.4 is 0 Å². The van der Waals surface area contributed by atoms with Gasteiger partial charge in [0.05, 0.1) is 6.04 Å². The first-order valence-electron chi connectivity index (χ1n) is 7.80. The second kappa shape index (κ2) is 5.92. The molecule has 3 rings (SSSR count). The molecule has 0 aliphatic carbocycles. The Hall–Kier alpha value is -2.55. The second-order valence-corrected chi connectivity index (χ2v) is 6.08. The monoisotopic (exact) mass is 307 g/mol. The minimum absolute atomic E-state index is 0.000978. The molecule has 0 radical (unpaired) electrons. The highest BCUT2D eigenvalue weighted by molar-refractivity contribution is 5.94. The fourth-order valence-electron chi connectivity index (χ4n) is 2.65. The molecule has 0 aliphatic heterocycles. The maximum atomic E-state index is 12.7. The van der Waals surface area contributed by atoms with Crippen LogP contribution in [0.25, 0.3) is 11.0 Å². The van der Waals surface area contributed by atoms with E-state index in [4.69, 9.17) is 4.42 Å². The van der Waals surface area contributed by atoms with Crippen molar-refractivity contribution in [3.05, 3.63) is 71.0 Å². The van der Waals surface area contributed by atoms with Gasteiger partial charge in [0, 0.05) is 18.0 Å². The Kier molecular flexibility index (Phi) is 3.95. The minimum atomic E-state index is -0.128. The SMILES string of the molecule is Cc1ccc(C(=O)N(C)C(C)c2cc3ccccc3o2)cc1C. The number of carbonyl (C=O) groups is 1. The van der Waals surface area contributed by atoms with Crippen molar-refractivity contribution in [1.82, 2.24) is 4.90 Å². The number of amides is 1. The third-order valence-corrected chi connectivity index (χ3v) is 4.51. The summed E-state index contributed by atoms with van der Waals surface area (Å²) in [5.74, 6) is 0.798. The Morgan fingerprint density at radius 2 is 1.78 bits per heavy atom. The van der Waals surface area contributed by atoms with E-state index in [9.17, 15) is 4.79 Å². The first-order valence-corrected chi connectivity index (χ1v) is 7.80. The summed E-state index contributed by atoms with van der Waals surface area (Å²) in [5.41, 5.74) is 3.87. The van der Waals surface area contributed by atoms with Crippen LogP contribution >= 0.6 is 0 Å². The zero-order chi connectivity index (χ0) is 16.6. The predicted octanol–water partition coefficient (Wildman–Crippen LogP) is 4.88. The molecule has 1 unspecified atom stereocenters. The number of furan rings is 1. The van der Waals surface area contributed by atoms with Crippen molar-refractivity contribution in [3.63, 3.8) is 0 Å². The van der Waals surface area contributed by atoms with Crippen molar-refractivity contribution in [3.8, 4) is 0 Å². The van der Waals surface area contributed by atoms with Gasteiger partial charge in [0.1, 0.15) is 11.3 Å². The maximum absolute atomic E-state index is 12.7. The first kappa shape index (κ1) is 15.3. The molecule has 2 aromatic carbocycles. The Balaban J connectivity index is 1.87. The molecule has 3 aromatic rings. The van der Waals surface area contributed by atoms with Gasteiger partial charge in [-0.05, 0) is 56.2 Å². The van der Waals surface area contributed by atoms with E-state index < -0.39 is 0 Å². The van der Waals surface area contributed by atoms with E-state index in [1.165, 1.54) is 5.56 Å². The van der Waals surface area contributed by atoms with Crippen molar-refractivity contribution in [2.24, 2.45) is 0 Å². The highest BCUT2D eigenvalue weighted by Crippen LogP contribution is 2.27. The normalized spacial score (nSPS) is 12.3. The van der Waals surface area contributed by atoms with Crippen LogP contribution in [0.2, 0.25) is 0 Å². The fraction of sp³-hybridized carbons (Fsp3) is 0.250. The Labute approximate surface area is 136 Å². The minimum Gasteiger partial charge on any atom is -0.459 e. The van der Waals surface area contributed by atoms with E-state index >= 15 is 0 Å². The molecular weight excluding hydrogens is 286 g/mol. The number of rotatable bonds is 3. The third-order valence-electron chi connectivity index (χ3n) is 4.51. The average molecular weight is 307 g/mol. The Morgan fingerprint density at radius 1 is 1.04 bits per heavy atom. The lowest BCUT2D eigenvalue weighted by Gasteiger charge is -2.23. The van der Waals surface area contributed by atoms with E-state index in [0.29, 0.717) is 5.56 Å². The molecule has 0 spiro atoms. The van der Waals surface area contributed by atoms with Gasteiger partial charge in [0.25, 0.3) is 5.91 Å². The van der Waals surface area contributed by atoms with Crippen LogP contribution in [-0.4, -0.2) is 17.9 Å². The van der Waals surface area contributed by atoms with Gasteiger partial charge in [-0.3, -0.25) is 4.79 Å². The molecule has 3 nitrogen and oxygen atoms in total. The molecule has 0 fully saturated rings. The lowest BCUT2D eigenvalue weighted by atomic mass is 10.0. The largest absolute Gasteiger partial charge is 0.459 e. The number of nitrogens with zero attached hydrogens (tertiary/aromatic N) is 1. The molecule has 0 N–H and O–H groups in total. The van der Waals surface area contributed by atoms with Gasteiger partial charge in [-0.25, -0.2) is 0 Å². The predicted molar refractivity (Wildman–Crippen MR) is 92.6 cm³/mol. The molecule has 1 heterocycles. The summed E-state index contributed by atoms with van der Waals surface area (Å²) in [7, 11) is 1.81. The molecule has 0 saturated heterocycles. The number of para-hydroxylation sites is 1. The van der Waals surface area contributed by atoms with Crippen LogP contribution in [0, 0.1) is 13.8 Å². The van der Waals surface area contributed by atoms with Gasteiger partial charge in [-0.15, -0.1) is 0 Å². The Bertz CT molecular complexity index is 830. The van der Waals surface area contributed by atoms with E-state index in [2.05, 4.69) is 0 Å². The van der Waals surface area contributed by atoms with Crippen molar-refractivity contribution >= 4 is 16.9 Å². The first-order chi connectivity index (χ1) is 11.0. The maximum Gasteiger partial charge on any atom is 0.254 e. The van der Waals surface area contributed by atoms with Crippen LogP contribution in [0.4, 0.5) is 0 Å². The van der Waals surface area contributed by atoms with Gasteiger partial charge >= 0.3 is 0 Å². The van der Waals surface area contributed by atoms with E-state index in [1.54, 1.807) is 4.90 Å². The summed E-state index contributed by atoms with van der Waals surface area (Å²) in [6.45, 7) is 6.05. The van der Waals surface area contributed by atoms with Crippen LogP contribution in [0.1, 0.15) is 40.2 Å². The van der Waals surface area contributed by atoms with E-state index in [-0.39, 0.29) is 11.9 Å². The van der Waals surface area contributed by atoms with Crippen LogP contribution in [0.15, 0.2) is 52.9 Å². The highest BCUT2D eigenvalue weighted by atomic mass is 16.3. The lowest BCUT2D eigenvalue weighted by molar-refractivity contribution is 0.0727. The van der Waals surface area contributed by atoms with Gasteiger partial charge in [0.2, 0.25) is 0 Å². The smallest absolute Gasteiger partial charge is 0.254 e. The van der Waals surface area contributed by atoms with Crippen molar-refractivity contribution in [1.29, 1.82) is 0 Å². The molecule has 0 saturated carbocycles. The van der Waals surface area contributed by atoms with Crippen LogP contribution in [-0.2, 0) is 0 Å². The zero-order valence-corrected chi connectivity index (χ0v) is 14.0. The summed E-state index contributed by atoms with van der Waals surface area (Å²) in [4.78, 5) is 14.4. The summed E-state index contributed by atoms with van der Waals surface area (Å²) < 4.78 is 5.89. The van der Waals surface area contributed by atoms with Crippen molar-refractivity contribution in [2.45, 2.75) is 26.8 Å². The van der Waals surface area contributed by atoms with Crippen LogP contribution in [0.5, 0.6) is 0 Å². The number of benzene rings is 2. The fourth-order valence-corrected chi connectivity index (χ4v) is 2.65. The zero-order valence-electron chi connectivity index (χ0n) is 14.0. The third kappa shape index (κ3) is 2.87. The molecule has 23 heavy (non-hydrogen) atoms. The molecule has 1 aromatic heterocycles. The molecule has 0 bridgehead atoms. The topological polar surface area (TPSA) is 33.5 Å². The summed E-state index contributed by atoms with van der Waals surface area (Å²) in [6.07, 6.45) is 0. The molecular formula is C20H21NO2. The molecule has 1 atom stereocenters. The number of aryl methyl sites for hydroxylation is 2. The van der Waals surface area contributed by atoms with Gasteiger partial charge in [-0.1, -0.05) is 24.3 Å². The number of hydrogen-bond donors (Lipinski definition) is 0. The molecule has 118 valence electrons. The van der Waals surface area contributed by atoms with Gasteiger partial charge in [-0.2, -0.15) is 0 Å². The summed E-state index contributed by atoms with van der Waals surface area (Å²) in [6, 6.07) is 15.6. The van der Waals surface area contributed by atoms with E-state index in [0.717, 1.165) is 22.3 Å². The van der Waals surface area contributed by atoms with Crippen LogP contribution in [0.3, 0.4) is 0 Å². The quantitative estimate of drug-likeness (QED) is 0.690. The van der Waals surface area contributed by atoms with Gasteiger partial charge in [0.15, 0.2) is 0 Å². The Morgan fingerprint density at radius 3 is 2.48 bits per heavy atom. The standard InChI is InChI=1S/C20H21NO2/c1-13-9-10-17(11-14(13)2)20(22)21(4)15(3)19-12-16-7-5-6-8-18(16)23-19/h5-12,15H,1-4H3. The second-order valence-electron chi connectivity index (χ2n) is 6.08. The van der Waals surface area contributed by atoms with E-state index in [1.807, 2.05) is 76.3 Å².